The topological polar surface area (TPSA) is 38.0 Å². The molecule has 1 aromatic carbocycles. The van der Waals surface area contributed by atoms with Crippen LogP contribution < -0.4 is 0 Å². The zero-order chi connectivity index (χ0) is 12.4. The van der Waals surface area contributed by atoms with E-state index in [0.717, 1.165) is 5.69 Å². The van der Waals surface area contributed by atoms with Gasteiger partial charge in [-0.3, -0.25) is 4.68 Å². The van der Waals surface area contributed by atoms with Crippen molar-refractivity contribution in [3.8, 4) is 0 Å². The third-order valence-corrected chi connectivity index (χ3v) is 2.82. The highest BCUT2D eigenvalue weighted by molar-refractivity contribution is 6.31. The predicted octanol–water partition coefficient (Wildman–Crippen LogP) is 2.49. The Morgan fingerprint density at radius 1 is 1.47 bits per heavy atom. The SMILES string of the molecule is Cn1ccc(CC(O)c2ccc(F)cc2Cl)n1. The van der Waals surface area contributed by atoms with E-state index in [4.69, 9.17) is 11.6 Å². The monoisotopic (exact) mass is 254 g/mol. The van der Waals surface area contributed by atoms with E-state index in [1.807, 2.05) is 6.07 Å². The number of aromatic nitrogens is 2. The van der Waals surface area contributed by atoms with Crippen LogP contribution in [0.25, 0.3) is 0 Å². The summed E-state index contributed by atoms with van der Waals surface area (Å²) in [5, 5.41) is 14.4. The van der Waals surface area contributed by atoms with E-state index in [1.165, 1.54) is 18.2 Å². The molecule has 1 atom stereocenters. The maximum absolute atomic E-state index is 12.9. The second-order valence-electron chi connectivity index (χ2n) is 3.87. The Bertz CT molecular complexity index is 527. The molecule has 1 heterocycles. The largest absolute Gasteiger partial charge is 0.388 e. The van der Waals surface area contributed by atoms with Crippen LogP contribution in [0.5, 0.6) is 0 Å². The average Bonchev–Trinajstić information content (AvgIpc) is 2.63. The smallest absolute Gasteiger partial charge is 0.124 e. The van der Waals surface area contributed by atoms with Gasteiger partial charge in [-0.1, -0.05) is 17.7 Å². The van der Waals surface area contributed by atoms with Gasteiger partial charge < -0.3 is 5.11 Å². The summed E-state index contributed by atoms with van der Waals surface area (Å²) in [6.45, 7) is 0. The Labute approximate surface area is 103 Å². The second kappa shape index (κ2) is 4.85. The molecule has 0 spiro atoms. The zero-order valence-electron chi connectivity index (χ0n) is 9.27. The molecule has 5 heteroatoms. The fourth-order valence-electron chi connectivity index (χ4n) is 1.65. The molecule has 17 heavy (non-hydrogen) atoms. The van der Waals surface area contributed by atoms with E-state index in [2.05, 4.69) is 5.10 Å². The molecule has 1 aromatic heterocycles. The fraction of sp³-hybridized carbons (Fsp3) is 0.250. The molecular formula is C12H12ClFN2O. The molecule has 0 fully saturated rings. The van der Waals surface area contributed by atoms with Gasteiger partial charge in [0.15, 0.2) is 0 Å². The molecule has 2 rings (SSSR count). The normalized spacial score (nSPS) is 12.7. The number of halogens is 2. The second-order valence-corrected chi connectivity index (χ2v) is 4.27. The van der Waals surface area contributed by atoms with Gasteiger partial charge in [-0.25, -0.2) is 4.39 Å². The maximum Gasteiger partial charge on any atom is 0.124 e. The molecule has 0 aliphatic carbocycles. The zero-order valence-corrected chi connectivity index (χ0v) is 10.0. The first-order chi connectivity index (χ1) is 8.06. The van der Waals surface area contributed by atoms with Gasteiger partial charge in [-0.15, -0.1) is 0 Å². The van der Waals surface area contributed by atoms with Crippen molar-refractivity contribution in [2.45, 2.75) is 12.5 Å². The number of hydrogen-bond donors (Lipinski definition) is 1. The molecule has 0 saturated heterocycles. The number of nitrogens with zero attached hydrogens (tertiary/aromatic N) is 2. The van der Waals surface area contributed by atoms with Gasteiger partial charge in [-0.2, -0.15) is 5.10 Å². The van der Waals surface area contributed by atoms with Crippen molar-refractivity contribution in [1.82, 2.24) is 9.78 Å². The molecule has 1 N–H and O–H groups in total. The van der Waals surface area contributed by atoms with E-state index < -0.39 is 11.9 Å². The maximum atomic E-state index is 12.9. The summed E-state index contributed by atoms with van der Waals surface area (Å²) in [7, 11) is 1.81. The Hall–Kier alpha value is -1.39. The molecule has 0 bridgehead atoms. The molecule has 0 aliphatic rings. The fourth-order valence-corrected chi connectivity index (χ4v) is 1.95. The summed E-state index contributed by atoms with van der Waals surface area (Å²) in [6.07, 6.45) is 1.37. The number of benzene rings is 1. The average molecular weight is 255 g/mol. The van der Waals surface area contributed by atoms with Gasteiger partial charge in [0, 0.05) is 24.7 Å². The van der Waals surface area contributed by atoms with Crippen molar-refractivity contribution in [2.75, 3.05) is 0 Å². The first kappa shape index (κ1) is 12.1. The van der Waals surface area contributed by atoms with Crippen molar-refractivity contribution in [3.05, 3.63) is 52.6 Å². The van der Waals surface area contributed by atoms with Crippen molar-refractivity contribution >= 4 is 11.6 Å². The molecule has 90 valence electrons. The highest BCUT2D eigenvalue weighted by atomic mass is 35.5. The van der Waals surface area contributed by atoms with E-state index in [0.29, 0.717) is 12.0 Å². The van der Waals surface area contributed by atoms with Crippen molar-refractivity contribution in [2.24, 2.45) is 7.05 Å². The van der Waals surface area contributed by atoms with Crippen LogP contribution in [-0.2, 0) is 13.5 Å². The molecule has 0 radical (unpaired) electrons. The number of aliphatic hydroxyl groups excluding tert-OH is 1. The number of hydrogen-bond acceptors (Lipinski definition) is 2. The summed E-state index contributed by atoms with van der Waals surface area (Å²) in [4.78, 5) is 0. The number of aryl methyl sites for hydroxylation is 1. The lowest BCUT2D eigenvalue weighted by atomic mass is 10.1. The molecule has 1 unspecified atom stereocenters. The minimum atomic E-state index is -0.780. The lowest BCUT2D eigenvalue weighted by Gasteiger charge is -2.11. The van der Waals surface area contributed by atoms with Crippen LogP contribution in [0.4, 0.5) is 4.39 Å². The predicted molar refractivity (Wildman–Crippen MR) is 63.3 cm³/mol. The van der Waals surface area contributed by atoms with Crippen LogP contribution in [0.15, 0.2) is 30.5 Å². The Morgan fingerprint density at radius 3 is 2.82 bits per heavy atom. The number of aliphatic hydroxyl groups is 1. The Balaban J connectivity index is 2.17. The van der Waals surface area contributed by atoms with Crippen LogP contribution in [-0.4, -0.2) is 14.9 Å². The summed E-state index contributed by atoms with van der Waals surface area (Å²) >= 11 is 5.87. The summed E-state index contributed by atoms with van der Waals surface area (Å²) in [5.74, 6) is -0.413. The van der Waals surface area contributed by atoms with E-state index in [9.17, 15) is 9.50 Å². The first-order valence-corrected chi connectivity index (χ1v) is 5.55. The minimum Gasteiger partial charge on any atom is -0.388 e. The van der Waals surface area contributed by atoms with Gasteiger partial charge in [0.1, 0.15) is 5.82 Å². The van der Waals surface area contributed by atoms with E-state index in [1.54, 1.807) is 17.9 Å². The van der Waals surface area contributed by atoms with Crippen molar-refractivity contribution < 1.29 is 9.50 Å². The third kappa shape index (κ3) is 2.84. The van der Waals surface area contributed by atoms with Gasteiger partial charge in [-0.05, 0) is 23.8 Å². The van der Waals surface area contributed by atoms with Gasteiger partial charge in [0.2, 0.25) is 0 Å². The lowest BCUT2D eigenvalue weighted by Crippen LogP contribution is -2.04. The van der Waals surface area contributed by atoms with Crippen LogP contribution in [0.1, 0.15) is 17.4 Å². The quantitative estimate of drug-likeness (QED) is 0.914. The first-order valence-electron chi connectivity index (χ1n) is 5.18. The lowest BCUT2D eigenvalue weighted by molar-refractivity contribution is 0.177. The Kier molecular flexibility index (Phi) is 3.45. The third-order valence-electron chi connectivity index (χ3n) is 2.49. The van der Waals surface area contributed by atoms with E-state index in [-0.39, 0.29) is 5.02 Å². The minimum absolute atomic E-state index is 0.230. The highest BCUT2D eigenvalue weighted by Gasteiger charge is 2.14. The summed E-state index contributed by atoms with van der Waals surface area (Å²) < 4.78 is 14.5. The van der Waals surface area contributed by atoms with Gasteiger partial charge >= 0.3 is 0 Å². The van der Waals surface area contributed by atoms with Crippen molar-refractivity contribution in [3.63, 3.8) is 0 Å². The molecule has 0 saturated carbocycles. The van der Waals surface area contributed by atoms with Crippen molar-refractivity contribution in [1.29, 1.82) is 0 Å². The van der Waals surface area contributed by atoms with Gasteiger partial charge in [0.25, 0.3) is 0 Å². The van der Waals surface area contributed by atoms with Crippen LogP contribution in [0.3, 0.4) is 0 Å². The summed E-state index contributed by atoms with van der Waals surface area (Å²) in [5.41, 5.74) is 1.28. The molecule has 3 nitrogen and oxygen atoms in total. The highest BCUT2D eigenvalue weighted by Crippen LogP contribution is 2.25. The van der Waals surface area contributed by atoms with E-state index >= 15 is 0 Å². The number of rotatable bonds is 3. The van der Waals surface area contributed by atoms with Crippen LogP contribution >= 0.6 is 11.6 Å². The van der Waals surface area contributed by atoms with Crippen LogP contribution in [0.2, 0.25) is 5.02 Å². The van der Waals surface area contributed by atoms with Gasteiger partial charge in [0.05, 0.1) is 11.8 Å². The molecule has 2 aromatic rings. The molecule has 0 amide bonds. The Morgan fingerprint density at radius 2 is 2.24 bits per heavy atom. The molecule has 0 aliphatic heterocycles. The molecular weight excluding hydrogens is 243 g/mol. The summed E-state index contributed by atoms with van der Waals surface area (Å²) in [6, 6.07) is 5.79. The standard InChI is InChI=1S/C12H12ClFN2O/c1-16-5-4-9(15-16)7-12(17)10-3-2-8(14)6-11(10)13/h2-6,12,17H,7H2,1H3. The van der Waals surface area contributed by atoms with Crippen LogP contribution in [0, 0.1) is 5.82 Å².